The molecule has 1 heterocycles. The van der Waals surface area contributed by atoms with Gasteiger partial charge in [0.25, 0.3) is 0 Å². The summed E-state index contributed by atoms with van der Waals surface area (Å²) in [5, 5.41) is 0. The Kier molecular flexibility index (Phi) is 9.16. The molecule has 1 atom stereocenters. The molecule has 2 rings (SSSR count). The molecule has 0 saturated heterocycles. The molecule has 1 aromatic carbocycles. The zero-order chi connectivity index (χ0) is 18.6. The second-order valence-electron chi connectivity index (χ2n) is 7.17. The summed E-state index contributed by atoms with van der Waals surface area (Å²) in [6, 6.07) is 8.12. The highest BCUT2D eigenvalue weighted by molar-refractivity contribution is 5.55. The van der Waals surface area contributed by atoms with E-state index < -0.39 is 0 Å². The molecule has 0 amide bonds. The van der Waals surface area contributed by atoms with Crippen LogP contribution in [-0.2, 0) is 6.42 Å². The van der Waals surface area contributed by atoms with E-state index in [2.05, 4.69) is 30.7 Å². The monoisotopic (exact) mass is 354 g/mol. The predicted octanol–water partition coefficient (Wildman–Crippen LogP) is 6.61. The minimum atomic E-state index is 0.258. The first-order valence-corrected chi connectivity index (χ1v) is 10.3. The number of ether oxygens (including phenoxy) is 1. The summed E-state index contributed by atoms with van der Waals surface area (Å²) >= 11 is 0. The highest BCUT2D eigenvalue weighted by Crippen LogP contribution is 2.21. The van der Waals surface area contributed by atoms with Crippen LogP contribution in [0.3, 0.4) is 0 Å². The lowest BCUT2D eigenvalue weighted by molar-refractivity contribution is 0.207. The fraction of sp³-hybridized carbons (Fsp3) is 0.565. The van der Waals surface area contributed by atoms with Gasteiger partial charge in [-0.05, 0) is 56.0 Å². The Morgan fingerprint density at radius 3 is 2.15 bits per heavy atom. The van der Waals surface area contributed by atoms with Crippen LogP contribution in [0.1, 0.15) is 77.7 Å². The van der Waals surface area contributed by atoms with Crippen LogP contribution in [0.25, 0.3) is 11.4 Å². The van der Waals surface area contributed by atoms with E-state index in [0.717, 1.165) is 30.0 Å². The Labute approximate surface area is 159 Å². The van der Waals surface area contributed by atoms with Gasteiger partial charge in [-0.25, -0.2) is 9.97 Å². The van der Waals surface area contributed by atoms with Gasteiger partial charge < -0.3 is 4.74 Å². The Hall–Kier alpha value is -1.90. The molecule has 0 aliphatic rings. The van der Waals surface area contributed by atoms with Gasteiger partial charge in [-0.15, -0.1) is 0 Å². The van der Waals surface area contributed by atoms with Crippen molar-refractivity contribution in [3.8, 4) is 17.1 Å². The van der Waals surface area contributed by atoms with Crippen LogP contribution in [0.5, 0.6) is 5.75 Å². The van der Waals surface area contributed by atoms with Gasteiger partial charge in [0.1, 0.15) is 5.75 Å². The average molecular weight is 355 g/mol. The minimum absolute atomic E-state index is 0.258. The topological polar surface area (TPSA) is 35.0 Å². The molecule has 3 heteroatoms. The van der Waals surface area contributed by atoms with Crippen molar-refractivity contribution in [2.45, 2.75) is 84.7 Å². The summed E-state index contributed by atoms with van der Waals surface area (Å²) in [5.74, 6) is 1.70. The van der Waals surface area contributed by atoms with Crippen LogP contribution in [0.4, 0.5) is 0 Å². The second-order valence-corrected chi connectivity index (χ2v) is 7.17. The fourth-order valence-electron chi connectivity index (χ4n) is 3.03. The zero-order valence-corrected chi connectivity index (χ0v) is 16.7. The molecule has 0 saturated carbocycles. The molecule has 26 heavy (non-hydrogen) atoms. The van der Waals surface area contributed by atoms with Crippen molar-refractivity contribution in [3.05, 3.63) is 42.2 Å². The van der Waals surface area contributed by atoms with Gasteiger partial charge in [0.15, 0.2) is 5.82 Å². The summed E-state index contributed by atoms with van der Waals surface area (Å²) in [7, 11) is 0. The summed E-state index contributed by atoms with van der Waals surface area (Å²) in [6.07, 6.45) is 15.3. The molecular formula is C23H34N2O. The average Bonchev–Trinajstić information content (AvgIpc) is 2.67. The molecule has 0 aliphatic carbocycles. The molecule has 0 unspecified atom stereocenters. The molecule has 0 radical (unpaired) electrons. The minimum Gasteiger partial charge on any atom is -0.491 e. The third-order valence-corrected chi connectivity index (χ3v) is 4.69. The lowest BCUT2D eigenvalue weighted by Crippen LogP contribution is -2.11. The van der Waals surface area contributed by atoms with Crippen molar-refractivity contribution in [2.24, 2.45) is 0 Å². The van der Waals surface area contributed by atoms with E-state index in [-0.39, 0.29) is 6.10 Å². The van der Waals surface area contributed by atoms with Crippen LogP contribution >= 0.6 is 0 Å². The van der Waals surface area contributed by atoms with E-state index >= 15 is 0 Å². The number of hydrogen-bond acceptors (Lipinski definition) is 3. The lowest BCUT2D eigenvalue weighted by Gasteiger charge is -2.14. The first-order chi connectivity index (χ1) is 12.7. The zero-order valence-electron chi connectivity index (χ0n) is 16.7. The normalized spacial score (nSPS) is 12.1. The van der Waals surface area contributed by atoms with E-state index in [1.54, 1.807) is 0 Å². The standard InChI is InChI=1S/C23H34N2O/c1-4-6-8-9-10-12-20-17-24-23(25-18-20)21-13-15-22(16-14-21)26-19(3)11-7-5-2/h13-19H,4-12H2,1-3H3/t19-/m0/s1. The van der Waals surface area contributed by atoms with Crippen molar-refractivity contribution in [1.29, 1.82) is 0 Å². The Balaban J connectivity index is 1.84. The number of rotatable bonds is 12. The van der Waals surface area contributed by atoms with Crippen LogP contribution in [-0.4, -0.2) is 16.1 Å². The maximum Gasteiger partial charge on any atom is 0.159 e. The van der Waals surface area contributed by atoms with E-state index in [4.69, 9.17) is 4.74 Å². The van der Waals surface area contributed by atoms with Gasteiger partial charge in [-0.2, -0.15) is 0 Å². The molecule has 0 spiro atoms. The molecule has 142 valence electrons. The highest BCUT2D eigenvalue weighted by atomic mass is 16.5. The van der Waals surface area contributed by atoms with Crippen LogP contribution < -0.4 is 4.74 Å². The second kappa shape index (κ2) is 11.7. The quantitative estimate of drug-likeness (QED) is 0.402. The van der Waals surface area contributed by atoms with E-state index in [1.807, 2.05) is 36.7 Å². The first kappa shape index (κ1) is 20.4. The third-order valence-electron chi connectivity index (χ3n) is 4.69. The van der Waals surface area contributed by atoms with Gasteiger partial charge in [0.2, 0.25) is 0 Å². The summed E-state index contributed by atoms with van der Waals surface area (Å²) < 4.78 is 5.96. The molecule has 0 fully saturated rings. The molecular weight excluding hydrogens is 320 g/mol. The van der Waals surface area contributed by atoms with Gasteiger partial charge >= 0.3 is 0 Å². The molecule has 3 nitrogen and oxygen atoms in total. The number of aryl methyl sites for hydroxylation is 1. The number of hydrogen-bond donors (Lipinski definition) is 0. The number of unbranched alkanes of at least 4 members (excludes halogenated alkanes) is 5. The molecule has 0 N–H and O–H groups in total. The smallest absolute Gasteiger partial charge is 0.159 e. The lowest BCUT2D eigenvalue weighted by atomic mass is 10.1. The van der Waals surface area contributed by atoms with E-state index in [0.29, 0.717) is 0 Å². The summed E-state index contributed by atoms with van der Waals surface area (Å²) in [6.45, 7) is 6.59. The summed E-state index contributed by atoms with van der Waals surface area (Å²) in [5.41, 5.74) is 2.27. The molecule has 0 bridgehead atoms. The Morgan fingerprint density at radius 1 is 0.846 bits per heavy atom. The molecule has 0 aliphatic heterocycles. The Bertz CT molecular complexity index is 607. The number of aromatic nitrogens is 2. The number of nitrogens with zero attached hydrogens (tertiary/aromatic N) is 2. The van der Waals surface area contributed by atoms with Crippen molar-refractivity contribution < 1.29 is 4.74 Å². The number of benzene rings is 1. The van der Waals surface area contributed by atoms with Crippen molar-refractivity contribution >= 4 is 0 Å². The van der Waals surface area contributed by atoms with Gasteiger partial charge in [-0.1, -0.05) is 52.4 Å². The van der Waals surface area contributed by atoms with E-state index in [1.165, 1.54) is 50.5 Å². The molecule has 2 aromatic rings. The maximum atomic E-state index is 5.96. The predicted molar refractivity (Wildman–Crippen MR) is 110 cm³/mol. The van der Waals surface area contributed by atoms with Crippen LogP contribution in [0.2, 0.25) is 0 Å². The highest BCUT2D eigenvalue weighted by Gasteiger charge is 2.06. The van der Waals surface area contributed by atoms with Gasteiger partial charge in [-0.3, -0.25) is 0 Å². The van der Waals surface area contributed by atoms with Crippen molar-refractivity contribution in [2.75, 3.05) is 0 Å². The maximum absolute atomic E-state index is 5.96. The van der Waals surface area contributed by atoms with Gasteiger partial charge in [0, 0.05) is 18.0 Å². The van der Waals surface area contributed by atoms with Crippen molar-refractivity contribution in [1.82, 2.24) is 9.97 Å². The van der Waals surface area contributed by atoms with E-state index in [9.17, 15) is 0 Å². The Morgan fingerprint density at radius 2 is 1.50 bits per heavy atom. The third kappa shape index (κ3) is 7.15. The van der Waals surface area contributed by atoms with Crippen LogP contribution in [0, 0.1) is 0 Å². The summed E-state index contributed by atoms with van der Waals surface area (Å²) in [4.78, 5) is 9.09. The molecule has 1 aromatic heterocycles. The van der Waals surface area contributed by atoms with Crippen LogP contribution in [0.15, 0.2) is 36.7 Å². The van der Waals surface area contributed by atoms with Gasteiger partial charge in [0.05, 0.1) is 6.10 Å². The fourth-order valence-corrected chi connectivity index (χ4v) is 3.03. The largest absolute Gasteiger partial charge is 0.491 e. The SMILES string of the molecule is CCCCCCCc1cnc(-c2ccc(O[C@@H](C)CCCC)cc2)nc1. The van der Waals surface area contributed by atoms with Crippen molar-refractivity contribution in [3.63, 3.8) is 0 Å². The first-order valence-electron chi connectivity index (χ1n) is 10.3.